The third-order valence-electron chi connectivity index (χ3n) is 3.99. The molecule has 3 heteroatoms. The van der Waals surface area contributed by atoms with Gasteiger partial charge in [0, 0.05) is 26.2 Å². The smallest absolute Gasteiger partial charge is 0.227 e. The minimum absolute atomic E-state index is 0.269. The lowest BCUT2D eigenvalue weighted by molar-refractivity contribution is -0.132. The van der Waals surface area contributed by atoms with Crippen LogP contribution in [0.2, 0.25) is 0 Å². The molecule has 0 unspecified atom stereocenters. The van der Waals surface area contributed by atoms with Crippen LogP contribution in [0.25, 0.3) is 0 Å². The van der Waals surface area contributed by atoms with Gasteiger partial charge in [-0.3, -0.25) is 9.69 Å². The fraction of sp³-hybridized carbons (Fsp3) is 0.588. The second kappa shape index (κ2) is 7.44. The highest BCUT2D eigenvalue weighted by atomic mass is 16.2. The van der Waals surface area contributed by atoms with Crippen LogP contribution in [-0.2, 0) is 11.2 Å². The van der Waals surface area contributed by atoms with E-state index in [0.717, 1.165) is 31.7 Å². The van der Waals surface area contributed by atoms with Gasteiger partial charge in [0.1, 0.15) is 0 Å². The molecular weight excluding hydrogens is 248 g/mol. The number of benzene rings is 1. The van der Waals surface area contributed by atoms with Crippen LogP contribution in [0.15, 0.2) is 24.3 Å². The molecule has 0 radical (unpaired) electrons. The molecule has 1 aromatic rings. The molecule has 0 aliphatic carbocycles. The predicted octanol–water partition coefficient (Wildman–Crippen LogP) is 2.48. The molecule has 110 valence electrons. The summed E-state index contributed by atoms with van der Waals surface area (Å²) in [7, 11) is 0. The van der Waals surface area contributed by atoms with E-state index in [1.165, 1.54) is 24.9 Å². The summed E-state index contributed by atoms with van der Waals surface area (Å²) < 4.78 is 0. The van der Waals surface area contributed by atoms with Gasteiger partial charge in [-0.05, 0) is 25.5 Å². The normalized spacial score (nSPS) is 16.4. The van der Waals surface area contributed by atoms with Crippen molar-refractivity contribution in [3.63, 3.8) is 0 Å². The molecule has 1 aromatic carbocycles. The molecular formula is C17H26N2O. The first-order valence-corrected chi connectivity index (χ1v) is 7.74. The Kier molecular flexibility index (Phi) is 5.60. The Balaban J connectivity index is 1.80. The number of carbonyl (C=O) groups excluding carboxylic acids is 1. The summed E-state index contributed by atoms with van der Waals surface area (Å²) in [6.07, 6.45) is 3.04. The van der Waals surface area contributed by atoms with Crippen molar-refractivity contribution in [2.45, 2.75) is 33.1 Å². The van der Waals surface area contributed by atoms with Crippen LogP contribution < -0.4 is 0 Å². The van der Waals surface area contributed by atoms with Crippen molar-refractivity contribution in [1.82, 2.24) is 9.80 Å². The molecule has 0 bridgehead atoms. The van der Waals surface area contributed by atoms with Crippen LogP contribution in [-0.4, -0.2) is 48.4 Å². The summed E-state index contributed by atoms with van der Waals surface area (Å²) in [6.45, 7) is 9.29. The monoisotopic (exact) mass is 274 g/mol. The molecule has 1 saturated heterocycles. The average molecular weight is 274 g/mol. The molecule has 1 amide bonds. The number of piperazine rings is 1. The Hall–Kier alpha value is -1.35. The first-order chi connectivity index (χ1) is 9.69. The number of amides is 1. The number of unbranched alkanes of at least 4 members (excludes halogenated alkanes) is 1. The maximum atomic E-state index is 12.3. The van der Waals surface area contributed by atoms with Gasteiger partial charge >= 0.3 is 0 Å². The Labute approximate surface area is 122 Å². The molecule has 2 rings (SSSR count). The van der Waals surface area contributed by atoms with Crippen LogP contribution in [0.1, 0.15) is 30.9 Å². The van der Waals surface area contributed by atoms with Gasteiger partial charge in [-0.1, -0.05) is 43.2 Å². The fourth-order valence-corrected chi connectivity index (χ4v) is 2.71. The van der Waals surface area contributed by atoms with E-state index in [9.17, 15) is 4.79 Å². The zero-order valence-electron chi connectivity index (χ0n) is 12.8. The quantitative estimate of drug-likeness (QED) is 0.823. The standard InChI is InChI=1S/C17H26N2O/c1-3-4-8-18-9-11-19(12-10-18)17(20)14-16-7-5-6-15(2)13-16/h5-7,13H,3-4,8-12,14H2,1-2H3. The molecule has 0 spiro atoms. The highest BCUT2D eigenvalue weighted by molar-refractivity contribution is 5.78. The fourth-order valence-electron chi connectivity index (χ4n) is 2.71. The maximum Gasteiger partial charge on any atom is 0.227 e. The van der Waals surface area contributed by atoms with Crippen molar-refractivity contribution in [3.05, 3.63) is 35.4 Å². The third-order valence-corrected chi connectivity index (χ3v) is 3.99. The van der Waals surface area contributed by atoms with Crippen LogP contribution in [0.4, 0.5) is 0 Å². The van der Waals surface area contributed by atoms with Gasteiger partial charge in [0.15, 0.2) is 0 Å². The molecule has 3 nitrogen and oxygen atoms in total. The second-order valence-electron chi connectivity index (χ2n) is 5.74. The number of carbonyl (C=O) groups is 1. The minimum Gasteiger partial charge on any atom is -0.340 e. The van der Waals surface area contributed by atoms with Gasteiger partial charge in [-0.15, -0.1) is 0 Å². The molecule has 1 fully saturated rings. The lowest BCUT2D eigenvalue weighted by Crippen LogP contribution is -2.49. The zero-order chi connectivity index (χ0) is 14.4. The molecule has 1 aliphatic heterocycles. The number of aryl methyl sites for hydroxylation is 1. The molecule has 1 heterocycles. The Bertz CT molecular complexity index is 436. The van der Waals surface area contributed by atoms with Crippen molar-refractivity contribution in [2.75, 3.05) is 32.7 Å². The summed E-state index contributed by atoms with van der Waals surface area (Å²) in [6, 6.07) is 8.25. The predicted molar refractivity (Wildman–Crippen MR) is 82.8 cm³/mol. The van der Waals surface area contributed by atoms with Gasteiger partial charge in [-0.25, -0.2) is 0 Å². The third kappa shape index (κ3) is 4.34. The number of hydrogen-bond acceptors (Lipinski definition) is 2. The van der Waals surface area contributed by atoms with E-state index in [-0.39, 0.29) is 5.91 Å². The van der Waals surface area contributed by atoms with E-state index in [1.54, 1.807) is 0 Å². The number of nitrogens with zero attached hydrogens (tertiary/aromatic N) is 2. The van der Waals surface area contributed by atoms with Gasteiger partial charge in [0.05, 0.1) is 6.42 Å². The SMILES string of the molecule is CCCCN1CCN(C(=O)Cc2cccc(C)c2)CC1. The van der Waals surface area contributed by atoms with E-state index in [1.807, 2.05) is 17.0 Å². The second-order valence-corrected chi connectivity index (χ2v) is 5.74. The highest BCUT2D eigenvalue weighted by Crippen LogP contribution is 2.09. The minimum atomic E-state index is 0.269. The molecule has 0 aromatic heterocycles. The van der Waals surface area contributed by atoms with Gasteiger partial charge in [0.2, 0.25) is 5.91 Å². The summed E-state index contributed by atoms with van der Waals surface area (Å²) >= 11 is 0. The van der Waals surface area contributed by atoms with Crippen molar-refractivity contribution < 1.29 is 4.79 Å². The van der Waals surface area contributed by atoms with Gasteiger partial charge in [-0.2, -0.15) is 0 Å². The maximum absolute atomic E-state index is 12.3. The summed E-state index contributed by atoms with van der Waals surface area (Å²) in [4.78, 5) is 16.8. The van der Waals surface area contributed by atoms with E-state index < -0.39 is 0 Å². The van der Waals surface area contributed by atoms with Crippen molar-refractivity contribution in [3.8, 4) is 0 Å². The van der Waals surface area contributed by atoms with Crippen LogP contribution >= 0.6 is 0 Å². The Morgan fingerprint density at radius 3 is 2.60 bits per heavy atom. The molecule has 20 heavy (non-hydrogen) atoms. The first-order valence-electron chi connectivity index (χ1n) is 7.74. The van der Waals surface area contributed by atoms with Gasteiger partial charge in [0.25, 0.3) is 0 Å². The van der Waals surface area contributed by atoms with Crippen molar-refractivity contribution in [1.29, 1.82) is 0 Å². The van der Waals surface area contributed by atoms with E-state index in [2.05, 4.69) is 30.9 Å². The Morgan fingerprint density at radius 1 is 1.20 bits per heavy atom. The van der Waals surface area contributed by atoms with E-state index in [0.29, 0.717) is 6.42 Å². The molecule has 0 saturated carbocycles. The molecule has 0 atom stereocenters. The lowest BCUT2D eigenvalue weighted by atomic mass is 10.1. The van der Waals surface area contributed by atoms with Gasteiger partial charge < -0.3 is 4.90 Å². The molecule has 1 aliphatic rings. The molecule has 0 N–H and O–H groups in total. The van der Waals surface area contributed by atoms with Crippen LogP contribution in [0.5, 0.6) is 0 Å². The topological polar surface area (TPSA) is 23.6 Å². The zero-order valence-corrected chi connectivity index (χ0v) is 12.8. The Morgan fingerprint density at radius 2 is 1.95 bits per heavy atom. The number of hydrogen-bond donors (Lipinski definition) is 0. The van der Waals surface area contributed by atoms with Crippen molar-refractivity contribution in [2.24, 2.45) is 0 Å². The first kappa shape index (κ1) is 15.0. The van der Waals surface area contributed by atoms with E-state index in [4.69, 9.17) is 0 Å². The summed E-state index contributed by atoms with van der Waals surface area (Å²) in [5.41, 5.74) is 2.35. The highest BCUT2D eigenvalue weighted by Gasteiger charge is 2.20. The lowest BCUT2D eigenvalue weighted by Gasteiger charge is -2.34. The largest absolute Gasteiger partial charge is 0.340 e. The summed E-state index contributed by atoms with van der Waals surface area (Å²) in [5, 5.41) is 0. The van der Waals surface area contributed by atoms with Crippen LogP contribution in [0, 0.1) is 6.92 Å². The summed E-state index contributed by atoms with van der Waals surface area (Å²) in [5.74, 6) is 0.269. The number of rotatable bonds is 5. The van der Waals surface area contributed by atoms with Crippen molar-refractivity contribution >= 4 is 5.91 Å². The van der Waals surface area contributed by atoms with E-state index >= 15 is 0 Å². The average Bonchev–Trinajstić information content (AvgIpc) is 2.45. The van der Waals surface area contributed by atoms with Crippen LogP contribution in [0.3, 0.4) is 0 Å².